The van der Waals surface area contributed by atoms with E-state index in [2.05, 4.69) is 0 Å². The lowest BCUT2D eigenvalue weighted by atomic mass is 9.98. The Morgan fingerprint density at radius 1 is 1.32 bits per heavy atom. The Morgan fingerprint density at radius 3 is 2.64 bits per heavy atom. The van der Waals surface area contributed by atoms with Gasteiger partial charge in [0.05, 0.1) is 17.8 Å². The Kier molecular flexibility index (Phi) is 5.30. The molecule has 25 heavy (non-hydrogen) atoms. The zero-order valence-corrected chi connectivity index (χ0v) is 14.7. The fraction of sp³-hybridized carbons (Fsp3) is 0.467. The van der Waals surface area contributed by atoms with Gasteiger partial charge in [-0.05, 0) is 19.1 Å². The Bertz CT molecular complexity index is 703. The highest BCUT2D eigenvalue weighted by atomic mass is 32.2. The van der Waals surface area contributed by atoms with Crippen LogP contribution in [0.25, 0.3) is 5.57 Å². The molecule has 0 saturated carbocycles. The van der Waals surface area contributed by atoms with Crippen LogP contribution in [0.1, 0.15) is 12.7 Å². The van der Waals surface area contributed by atoms with Gasteiger partial charge in [0.25, 0.3) is 5.91 Å². The third-order valence-corrected chi connectivity index (χ3v) is 5.65. The molecule has 3 heterocycles. The summed E-state index contributed by atoms with van der Waals surface area (Å²) in [4.78, 5) is 14.2. The molecule has 0 unspecified atom stereocenters. The SMILES string of the molecule is C/C(=C1/SC(=S)N([C@@H]2O[C@@H](CO)[C@@H](O)[C@@H](O)[C@H]2O)C1=O)c1ccco1. The lowest BCUT2D eigenvalue weighted by molar-refractivity contribution is -0.252. The van der Waals surface area contributed by atoms with Gasteiger partial charge in [-0.3, -0.25) is 9.69 Å². The fourth-order valence-electron chi connectivity index (χ4n) is 2.73. The van der Waals surface area contributed by atoms with Gasteiger partial charge in [-0.25, -0.2) is 0 Å². The topological polar surface area (TPSA) is 124 Å². The first kappa shape index (κ1) is 18.5. The first-order valence-corrected chi connectivity index (χ1v) is 8.70. The molecule has 1 aromatic heterocycles. The number of thioether (sulfide) groups is 1. The van der Waals surface area contributed by atoms with Crippen LogP contribution in [-0.4, -0.2) is 72.8 Å². The van der Waals surface area contributed by atoms with E-state index in [1.165, 1.54) is 6.26 Å². The van der Waals surface area contributed by atoms with E-state index in [1.54, 1.807) is 19.1 Å². The summed E-state index contributed by atoms with van der Waals surface area (Å²) in [6, 6.07) is 3.40. The van der Waals surface area contributed by atoms with Gasteiger partial charge in [-0.1, -0.05) is 24.0 Å². The van der Waals surface area contributed by atoms with Crippen LogP contribution in [0.3, 0.4) is 0 Å². The van der Waals surface area contributed by atoms with Crippen LogP contribution in [0.15, 0.2) is 27.7 Å². The van der Waals surface area contributed by atoms with E-state index in [9.17, 15) is 25.2 Å². The van der Waals surface area contributed by atoms with Crippen LogP contribution in [0.5, 0.6) is 0 Å². The molecule has 2 fully saturated rings. The number of carbonyl (C=O) groups excluding carboxylic acids is 1. The van der Waals surface area contributed by atoms with E-state index >= 15 is 0 Å². The van der Waals surface area contributed by atoms with E-state index in [-0.39, 0.29) is 4.32 Å². The average molecular weight is 387 g/mol. The van der Waals surface area contributed by atoms with Crippen molar-refractivity contribution in [3.63, 3.8) is 0 Å². The summed E-state index contributed by atoms with van der Waals surface area (Å²) in [5.41, 5.74) is 0.578. The monoisotopic (exact) mass is 387 g/mol. The number of aliphatic hydroxyl groups is 4. The van der Waals surface area contributed by atoms with Gasteiger partial charge in [0.15, 0.2) is 10.5 Å². The van der Waals surface area contributed by atoms with Crippen LogP contribution in [-0.2, 0) is 9.53 Å². The van der Waals surface area contributed by atoms with Crippen molar-refractivity contribution in [3.05, 3.63) is 29.1 Å². The molecule has 1 amide bonds. The van der Waals surface area contributed by atoms with Gasteiger partial charge in [-0.15, -0.1) is 0 Å². The fourth-order valence-corrected chi connectivity index (χ4v) is 4.06. The summed E-state index contributed by atoms with van der Waals surface area (Å²) in [7, 11) is 0. The number of thiocarbonyl (C=S) groups is 1. The zero-order chi connectivity index (χ0) is 18.3. The maximum Gasteiger partial charge on any atom is 0.268 e. The summed E-state index contributed by atoms with van der Waals surface area (Å²) in [6.07, 6.45) is -5.63. The Labute approximate surface area is 152 Å². The Balaban J connectivity index is 1.91. The van der Waals surface area contributed by atoms with E-state index in [0.717, 1.165) is 16.7 Å². The van der Waals surface area contributed by atoms with Gasteiger partial charge in [0.1, 0.15) is 30.2 Å². The lowest BCUT2D eigenvalue weighted by Gasteiger charge is -2.42. The predicted molar refractivity (Wildman–Crippen MR) is 92.1 cm³/mol. The minimum atomic E-state index is -1.59. The number of aliphatic hydroxyl groups excluding tert-OH is 4. The lowest BCUT2D eigenvalue weighted by Crippen LogP contribution is -2.63. The number of allylic oxidation sites excluding steroid dienone is 1. The second-order valence-corrected chi connectivity index (χ2v) is 7.34. The van der Waals surface area contributed by atoms with Crippen molar-refractivity contribution in [2.24, 2.45) is 0 Å². The van der Waals surface area contributed by atoms with Crippen LogP contribution >= 0.6 is 24.0 Å². The number of furan rings is 1. The molecule has 3 rings (SSSR count). The van der Waals surface area contributed by atoms with Crippen molar-refractivity contribution >= 4 is 39.8 Å². The molecule has 2 aliphatic rings. The van der Waals surface area contributed by atoms with E-state index in [4.69, 9.17) is 21.4 Å². The van der Waals surface area contributed by atoms with Crippen LogP contribution < -0.4 is 0 Å². The normalized spacial score (nSPS) is 35.4. The second-order valence-electron chi connectivity index (χ2n) is 5.69. The highest BCUT2D eigenvalue weighted by Gasteiger charge is 2.50. The highest BCUT2D eigenvalue weighted by molar-refractivity contribution is 8.26. The molecule has 136 valence electrons. The van der Waals surface area contributed by atoms with E-state index in [0.29, 0.717) is 16.2 Å². The van der Waals surface area contributed by atoms with E-state index < -0.39 is 43.2 Å². The number of nitrogens with zero attached hydrogens (tertiary/aromatic N) is 1. The number of carbonyl (C=O) groups is 1. The molecule has 8 nitrogen and oxygen atoms in total. The summed E-state index contributed by atoms with van der Waals surface area (Å²) in [6.45, 7) is 1.12. The number of amides is 1. The summed E-state index contributed by atoms with van der Waals surface area (Å²) >= 11 is 6.25. The molecule has 4 N–H and O–H groups in total. The summed E-state index contributed by atoms with van der Waals surface area (Å²) in [5, 5.41) is 39.3. The Hall–Kier alpha value is -1.27. The molecule has 10 heteroatoms. The summed E-state index contributed by atoms with van der Waals surface area (Å²) in [5.74, 6) is 0.00234. The summed E-state index contributed by atoms with van der Waals surface area (Å²) < 4.78 is 10.8. The van der Waals surface area contributed by atoms with Crippen molar-refractivity contribution in [1.82, 2.24) is 4.90 Å². The van der Waals surface area contributed by atoms with E-state index in [1.807, 2.05) is 0 Å². The maximum atomic E-state index is 12.8. The quantitative estimate of drug-likeness (QED) is 0.408. The van der Waals surface area contributed by atoms with Crippen molar-refractivity contribution < 1.29 is 34.4 Å². The van der Waals surface area contributed by atoms with Gasteiger partial charge in [-0.2, -0.15) is 0 Å². The van der Waals surface area contributed by atoms with Crippen molar-refractivity contribution in [2.45, 2.75) is 37.6 Å². The van der Waals surface area contributed by atoms with Crippen molar-refractivity contribution in [2.75, 3.05) is 6.61 Å². The minimum Gasteiger partial charge on any atom is -0.465 e. The number of hydrogen-bond acceptors (Lipinski definition) is 9. The van der Waals surface area contributed by atoms with Crippen LogP contribution in [0.4, 0.5) is 0 Å². The standard InChI is InChI=1S/C15H17NO7S2/c1-6(7-3-2-4-22-7)12-13(21)16(15(24)25-12)14-11(20)10(19)9(18)8(5-17)23-14/h2-4,8-11,14,17-20H,5H2,1H3/b12-6-/t8-,9+,10+,11+,14+/m0/s1. The average Bonchev–Trinajstić information content (AvgIpc) is 3.22. The second kappa shape index (κ2) is 7.16. The predicted octanol–water partition coefficient (Wildman–Crippen LogP) is -0.329. The van der Waals surface area contributed by atoms with Crippen LogP contribution in [0, 0.1) is 0 Å². The molecular weight excluding hydrogens is 370 g/mol. The van der Waals surface area contributed by atoms with Crippen LogP contribution in [0.2, 0.25) is 0 Å². The number of ether oxygens (including phenoxy) is 1. The molecule has 0 bridgehead atoms. The Morgan fingerprint density at radius 2 is 2.04 bits per heavy atom. The zero-order valence-electron chi connectivity index (χ0n) is 13.1. The molecular formula is C15H17NO7S2. The van der Waals surface area contributed by atoms with Crippen molar-refractivity contribution in [1.29, 1.82) is 0 Å². The number of rotatable bonds is 3. The first-order chi connectivity index (χ1) is 11.9. The first-order valence-electron chi connectivity index (χ1n) is 7.47. The molecule has 0 aromatic carbocycles. The number of hydrogen-bond donors (Lipinski definition) is 4. The molecule has 5 atom stereocenters. The minimum absolute atomic E-state index is 0.134. The third-order valence-electron chi connectivity index (χ3n) is 4.15. The molecule has 0 radical (unpaired) electrons. The highest BCUT2D eigenvalue weighted by Crippen LogP contribution is 2.39. The third kappa shape index (κ3) is 3.14. The van der Waals surface area contributed by atoms with Gasteiger partial charge in [0.2, 0.25) is 0 Å². The molecule has 2 saturated heterocycles. The van der Waals surface area contributed by atoms with Gasteiger partial charge in [0, 0.05) is 5.57 Å². The van der Waals surface area contributed by atoms with Gasteiger partial charge >= 0.3 is 0 Å². The van der Waals surface area contributed by atoms with Gasteiger partial charge < -0.3 is 29.6 Å². The van der Waals surface area contributed by atoms with Crippen molar-refractivity contribution in [3.8, 4) is 0 Å². The maximum absolute atomic E-state index is 12.8. The molecule has 2 aliphatic heterocycles. The molecule has 1 aromatic rings. The molecule has 0 spiro atoms. The smallest absolute Gasteiger partial charge is 0.268 e. The molecule has 0 aliphatic carbocycles. The largest absolute Gasteiger partial charge is 0.465 e.